The van der Waals surface area contributed by atoms with Crippen molar-refractivity contribution in [1.82, 2.24) is 10.4 Å². The van der Waals surface area contributed by atoms with Crippen LogP contribution in [-0.4, -0.2) is 30.3 Å². The van der Waals surface area contributed by atoms with Gasteiger partial charge in [-0.1, -0.05) is 82.7 Å². The lowest BCUT2D eigenvalue weighted by atomic mass is 9.91. The molecule has 1 aliphatic carbocycles. The number of hydrazine groups is 1. The van der Waals surface area contributed by atoms with E-state index in [9.17, 15) is 14.4 Å². The Morgan fingerprint density at radius 1 is 0.917 bits per heavy atom. The molecular weight excluding hydrogens is 528 g/mol. The zero-order valence-electron chi connectivity index (χ0n) is 19.6. The van der Waals surface area contributed by atoms with Crippen LogP contribution < -0.4 is 5.43 Å². The molecule has 1 aliphatic rings. The van der Waals surface area contributed by atoms with Crippen molar-refractivity contribution in [3.8, 4) is 0 Å². The van der Waals surface area contributed by atoms with Gasteiger partial charge in [-0.3, -0.25) is 0 Å². The summed E-state index contributed by atoms with van der Waals surface area (Å²) in [5, 5.41) is 0.898. The van der Waals surface area contributed by atoms with E-state index in [0.717, 1.165) is 26.2 Å². The van der Waals surface area contributed by atoms with Crippen LogP contribution in [0.15, 0.2) is 83.3 Å². The number of ether oxygens (including phenoxy) is 3. The van der Waals surface area contributed by atoms with Crippen LogP contribution >= 0.6 is 15.9 Å². The Balaban J connectivity index is 1.64. The molecule has 1 N–H and O–H groups in total. The number of carbonyl (C=O) groups is 3. The minimum absolute atomic E-state index is 0.0195. The summed E-state index contributed by atoms with van der Waals surface area (Å²) in [5.74, 6) is -0.705. The van der Waals surface area contributed by atoms with Gasteiger partial charge in [0.15, 0.2) is 5.54 Å². The highest BCUT2D eigenvalue weighted by Crippen LogP contribution is 2.43. The first-order valence-electron chi connectivity index (χ1n) is 11.3. The van der Waals surface area contributed by atoms with E-state index in [0.29, 0.717) is 12.0 Å². The monoisotopic (exact) mass is 552 g/mol. The second-order valence-electron chi connectivity index (χ2n) is 8.20. The predicted octanol–water partition coefficient (Wildman–Crippen LogP) is 5.24. The van der Waals surface area contributed by atoms with E-state index in [1.54, 1.807) is 36.4 Å². The second kappa shape index (κ2) is 11.3. The summed E-state index contributed by atoms with van der Waals surface area (Å²) in [7, 11) is 1.24. The van der Waals surface area contributed by atoms with Crippen molar-refractivity contribution in [2.24, 2.45) is 0 Å². The first-order chi connectivity index (χ1) is 17.4. The van der Waals surface area contributed by atoms with Crippen molar-refractivity contribution in [2.45, 2.75) is 31.6 Å². The molecule has 1 atom stereocenters. The average molecular weight is 553 g/mol. The molecule has 3 aromatic carbocycles. The number of amides is 2. The number of esters is 1. The number of aryl methyl sites for hydroxylation is 1. The van der Waals surface area contributed by atoms with Gasteiger partial charge in [-0.05, 0) is 47.2 Å². The van der Waals surface area contributed by atoms with Crippen molar-refractivity contribution in [1.29, 1.82) is 0 Å². The number of hydrogen-bond acceptors (Lipinski definition) is 6. The highest BCUT2D eigenvalue weighted by molar-refractivity contribution is 9.10. The minimum Gasteiger partial charge on any atom is -0.467 e. The van der Waals surface area contributed by atoms with Crippen molar-refractivity contribution in [3.05, 3.63) is 106 Å². The smallest absolute Gasteiger partial charge is 0.430 e. The van der Waals surface area contributed by atoms with E-state index in [1.807, 2.05) is 42.5 Å². The van der Waals surface area contributed by atoms with Crippen LogP contribution in [-0.2, 0) is 44.2 Å². The Morgan fingerprint density at radius 2 is 1.53 bits per heavy atom. The van der Waals surface area contributed by atoms with E-state index >= 15 is 0 Å². The van der Waals surface area contributed by atoms with Crippen molar-refractivity contribution >= 4 is 34.1 Å². The van der Waals surface area contributed by atoms with Crippen LogP contribution in [0, 0.1) is 0 Å². The lowest BCUT2D eigenvalue weighted by Gasteiger charge is -2.37. The quantitative estimate of drug-likeness (QED) is 0.255. The fourth-order valence-corrected chi connectivity index (χ4v) is 4.66. The number of nitrogens with zero attached hydrogens (tertiary/aromatic N) is 1. The molecule has 186 valence electrons. The third-order valence-electron chi connectivity index (χ3n) is 5.98. The lowest BCUT2D eigenvalue weighted by Crippen LogP contribution is -2.61. The maximum absolute atomic E-state index is 13.4. The van der Waals surface area contributed by atoms with Crippen LogP contribution in [0.5, 0.6) is 0 Å². The second-order valence-corrected chi connectivity index (χ2v) is 9.12. The highest BCUT2D eigenvalue weighted by Gasteiger charge is 2.55. The number of fused-ring (bicyclic) bond motifs is 1. The van der Waals surface area contributed by atoms with Gasteiger partial charge in [0.25, 0.3) is 0 Å². The Kier molecular flexibility index (Phi) is 7.90. The standard InChI is InChI=1S/C27H25BrN2O6/c1-34-24(31)27(15-14-21-16-22(28)12-13-23(21)27)30(26(33)36-18-20-10-6-3-7-11-20)29-25(32)35-17-19-8-4-2-5-9-19/h2-13,16H,14-15,17-18H2,1H3,(H,29,32)/t27-/m0/s1. The van der Waals surface area contributed by atoms with Gasteiger partial charge in [0.05, 0.1) is 7.11 Å². The van der Waals surface area contributed by atoms with Crippen LogP contribution in [0.1, 0.15) is 28.7 Å². The van der Waals surface area contributed by atoms with Gasteiger partial charge >= 0.3 is 18.2 Å². The molecule has 36 heavy (non-hydrogen) atoms. The van der Waals surface area contributed by atoms with Crippen molar-refractivity contribution in [3.63, 3.8) is 0 Å². The first-order valence-corrected chi connectivity index (χ1v) is 12.1. The maximum Gasteiger partial charge on any atom is 0.430 e. The Labute approximate surface area is 217 Å². The van der Waals surface area contributed by atoms with Crippen molar-refractivity contribution < 1.29 is 28.6 Å². The van der Waals surface area contributed by atoms with Crippen LogP contribution in [0.3, 0.4) is 0 Å². The van der Waals surface area contributed by atoms with E-state index < -0.39 is 23.7 Å². The van der Waals surface area contributed by atoms with Gasteiger partial charge in [0.1, 0.15) is 13.2 Å². The Morgan fingerprint density at radius 3 is 2.14 bits per heavy atom. The molecule has 0 unspecified atom stereocenters. The third-order valence-corrected chi connectivity index (χ3v) is 6.47. The van der Waals surface area contributed by atoms with E-state index in [-0.39, 0.29) is 19.6 Å². The number of rotatable bonds is 6. The van der Waals surface area contributed by atoms with Crippen molar-refractivity contribution in [2.75, 3.05) is 7.11 Å². The summed E-state index contributed by atoms with van der Waals surface area (Å²) < 4.78 is 16.8. The summed E-state index contributed by atoms with van der Waals surface area (Å²) in [6, 6.07) is 23.6. The third kappa shape index (κ3) is 5.36. The maximum atomic E-state index is 13.4. The number of halogens is 1. The molecule has 3 aromatic rings. The van der Waals surface area contributed by atoms with Crippen LogP contribution in [0.2, 0.25) is 0 Å². The molecule has 0 aromatic heterocycles. The molecule has 0 heterocycles. The molecule has 8 nitrogen and oxygen atoms in total. The van der Waals surface area contributed by atoms with Gasteiger partial charge in [-0.2, -0.15) is 5.01 Å². The topological polar surface area (TPSA) is 94.2 Å². The van der Waals surface area contributed by atoms with Gasteiger partial charge in [0, 0.05) is 4.47 Å². The summed E-state index contributed by atoms with van der Waals surface area (Å²) >= 11 is 3.45. The molecule has 4 rings (SSSR count). The Hall–Kier alpha value is -3.85. The number of carbonyl (C=O) groups excluding carboxylic acids is 3. The molecule has 0 saturated carbocycles. The van der Waals surface area contributed by atoms with Gasteiger partial charge in [-0.15, -0.1) is 0 Å². The SMILES string of the molecule is COC(=O)[C@]1(N(NC(=O)OCc2ccccc2)C(=O)OCc2ccccc2)CCc2cc(Br)ccc21. The zero-order chi connectivity index (χ0) is 25.5. The fraction of sp³-hybridized carbons (Fsp3) is 0.222. The summed E-state index contributed by atoms with van der Waals surface area (Å²) in [6.07, 6.45) is -1.17. The lowest BCUT2D eigenvalue weighted by molar-refractivity contribution is -0.157. The van der Waals surface area contributed by atoms with Gasteiger partial charge < -0.3 is 14.2 Å². The van der Waals surface area contributed by atoms with Gasteiger partial charge in [0.2, 0.25) is 0 Å². The zero-order valence-corrected chi connectivity index (χ0v) is 21.2. The number of nitrogens with one attached hydrogen (secondary N) is 1. The molecule has 0 aliphatic heterocycles. The summed E-state index contributed by atoms with van der Waals surface area (Å²) in [6.45, 7) is -0.0737. The largest absolute Gasteiger partial charge is 0.467 e. The minimum atomic E-state index is -1.63. The molecular formula is C27H25BrN2O6. The molecule has 2 amide bonds. The Bertz CT molecular complexity index is 1240. The highest BCUT2D eigenvalue weighted by atomic mass is 79.9. The molecule has 0 fully saturated rings. The summed E-state index contributed by atoms with van der Waals surface area (Å²) in [4.78, 5) is 39.6. The molecule has 0 spiro atoms. The number of hydrogen-bond donors (Lipinski definition) is 1. The van der Waals surface area contributed by atoms with E-state index in [4.69, 9.17) is 14.2 Å². The first kappa shape index (κ1) is 25.2. The molecule has 0 radical (unpaired) electrons. The molecule has 0 saturated heterocycles. The van der Waals surface area contributed by atoms with Gasteiger partial charge in [-0.25, -0.2) is 19.8 Å². The van der Waals surface area contributed by atoms with Crippen LogP contribution in [0.25, 0.3) is 0 Å². The van der Waals surface area contributed by atoms with E-state index in [2.05, 4.69) is 21.4 Å². The average Bonchev–Trinajstić information content (AvgIpc) is 3.29. The normalized spacial score (nSPS) is 15.9. The van der Waals surface area contributed by atoms with Crippen LogP contribution in [0.4, 0.5) is 9.59 Å². The fourth-order valence-electron chi connectivity index (χ4n) is 4.25. The predicted molar refractivity (Wildman–Crippen MR) is 134 cm³/mol. The molecule has 0 bridgehead atoms. The number of benzene rings is 3. The number of methoxy groups -OCH3 is 1. The summed E-state index contributed by atoms with van der Waals surface area (Å²) in [5.41, 5.74) is 3.73. The molecule has 9 heteroatoms. The van der Waals surface area contributed by atoms with E-state index in [1.165, 1.54) is 7.11 Å².